The highest BCUT2D eigenvalue weighted by atomic mass is 16.5. The fourth-order valence-electron chi connectivity index (χ4n) is 7.45. The van der Waals surface area contributed by atoms with E-state index in [1.165, 1.54) is 19.8 Å². The molecule has 6 heteroatoms. The van der Waals surface area contributed by atoms with Crippen LogP contribution in [0.15, 0.2) is 59.2 Å². The van der Waals surface area contributed by atoms with Crippen molar-refractivity contribution in [1.29, 1.82) is 0 Å². The summed E-state index contributed by atoms with van der Waals surface area (Å²) in [4.78, 5) is 25.3. The second-order valence-electron chi connectivity index (χ2n) is 11.6. The summed E-state index contributed by atoms with van der Waals surface area (Å²) >= 11 is 0. The van der Waals surface area contributed by atoms with Crippen molar-refractivity contribution in [2.75, 3.05) is 14.2 Å². The highest BCUT2D eigenvalue weighted by molar-refractivity contribution is 5.77. The van der Waals surface area contributed by atoms with Crippen LogP contribution in [0.5, 0.6) is 0 Å². The maximum Gasteiger partial charge on any atom is 0.323 e. The molecular weight excluding hydrogens is 478 g/mol. The number of nitrogens with one attached hydrogen (secondary N) is 1. The first-order valence-corrected chi connectivity index (χ1v) is 13.9. The second-order valence-corrected chi connectivity index (χ2v) is 11.6. The number of fused-ring (bicyclic) bond motifs is 1. The molecule has 2 fully saturated rings. The zero-order valence-corrected chi connectivity index (χ0v) is 23.4. The van der Waals surface area contributed by atoms with Crippen LogP contribution in [0.1, 0.15) is 69.3 Å². The van der Waals surface area contributed by atoms with E-state index in [-0.39, 0.29) is 23.3 Å². The van der Waals surface area contributed by atoms with Crippen molar-refractivity contribution in [3.8, 4) is 0 Å². The Bertz CT molecular complexity index is 1120. The average molecular weight is 522 g/mol. The van der Waals surface area contributed by atoms with Gasteiger partial charge < -0.3 is 13.9 Å². The lowest BCUT2D eigenvalue weighted by atomic mass is 9.46. The lowest BCUT2D eigenvalue weighted by molar-refractivity contribution is -0.168. The van der Waals surface area contributed by atoms with Gasteiger partial charge in [-0.3, -0.25) is 14.9 Å². The molecule has 5 atom stereocenters. The van der Waals surface area contributed by atoms with Crippen LogP contribution in [-0.4, -0.2) is 32.2 Å². The Morgan fingerprint density at radius 3 is 2.61 bits per heavy atom. The van der Waals surface area contributed by atoms with Crippen LogP contribution in [0.2, 0.25) is 0 Å². The normalized spacial score (nSPS) is 27.8. The number of hydrogen-bond donors (Lipinski definition) is 1. The molecule has 4 rings (SSSR count). The Morgan fingerprint density at radius 1 is 1.13 bits per heavy atom. The third-order valence-electron chi connectivity index (χ3n) is 9.49. The van der Waals surface area contributed by atoms with E-state index in [4.69, 9.17) is 13.9 Å². The smallest absolute Gasteiger partial charge is 0.323 e. The van der Waals surface area contributed by atoms with Gasteiger partial charge in [-0.05, 0) is 86.3 Å². The van der Waals surface area contributed by atoms with E-state index in [9.17, 15) is 9.59 Å². The summed E-state index contributed by atoms with van der Waals surface area (Å²) in [6, 6.07) is 11.5. The number of benzene rings is 1. The van der Waals surface area contributed by atoms with Gasteiger partial charge in [-0.2, -0.15) is 0 Å². The van der Waals surface area contributed by atoms with Crippen molar-refractivity contribution in [3.05, 3.63) is 71.7 Å². The molecule has 6 nitrogen and oxygen atoms in total. The zero-order chi connectivity index (χ0) is 27.3. The van der Waals surface area contributed by atoms with E-state index in [0.29, 0.717) is 18.9 Å². The van der Waals surface area contributed by atoms with E-state index in [1.807, 2.05) is 36.4 Å². The van der Waals surface area contributed by atoms with E-state index >= 15 is 0 Å². The number of furan rings is 1. The number of carbonyl (C=O) groups excluding carboxylic acids is 2. The molecule has 0 amide bonds. The minimum absolute atomic E-state index is 0.0182. The van der Waals surface area contributed by atoms with Gasteiger partial charge in [0, 0.05) is 0 Å². The number of methoxy groups -OCH3 is 2. The number of aryl methyl sites for hydroxylation is 1. The maximum absolute atomic E-state index is 12.9. The molecule has 1 N–H and O–H groups in total. The number of carbonyl (C=O) groups is 2. The molecule has 1 aromatic heterocycles. The van der Waals surface area contributed by atoms with Crippen LogP contribution in [0.3, 0.4) is 0 Å². The minimum atomic E-state index is -0.462. The summed E-state index contributed by atoms with van der Waals surface area (Å²) < 4.78 is 16.2. The van der Waals surface area contributed by atoms with Gasteiger partial charge in [0.15, 0.2) is 0 Å². The van der Waals surface area contributed by atoms with Gasteiger partial charge in [0.2, 0.25) is 0 Å². The van der Waals surface area contributed by atoms with Gasteiger partial charge >= 0.3 is 11.9 Å². The fraction of sp³-hybridized carbons (Fsp3) is 0.562. The largest absolute Gasteiger partial charge is 0.469 e. The van der Waals surface area contributed by atoms with Gasteiger partial charge in [-0.1, -0.05) is 55.8 Å². The zero-order valence-electron chi connectivity index (χ0n) is 23.4. The second kappa shape index (κ2) is 11.9. The predicted octanol–water partition coefficient (Wildman–Crippen LogP) is 6.04. The van der Waals surface area contributed by atoms with E-state index < -0.39 is 11.5 Å². The van der Waals surface area contributed by atoms with E-state index in [1.54, 1.807) is 6.26 Å². The van der Waals surface area contributed by atoms with Gasteiger partial charge in [-0.15, -0.1) is 0 Å². The Labute approximate surface area is 227 Å². The summed E-state index contributed by atoms with van der Waals surface area (Å²) in [5, 5.41) is 3.35. The number of hydrogen-bond acceptors (Lipinski definition) is 6. The molecule has 0 spiro atoms. The summed E-state index contributed by atoms with van der Waals surface area (Å²) in [6.45, 7) is 9.42. The van der Waals surface area contributed by atoms with Gasteiger partial charge in [0.05, 0.1) is 32.4 Å². The Morgan fingerprint density at radius 2 is 1.89 bits per heavy atom. The van der Waals surface area contributed by atoms with Crippen molar-refractivity contribution in [1.82, 2.24) is 5.32 Å². The molecule has 2 aliphatic rings. The number of esters is 2. The fourth-order valence-corrected chi connectivity index (χ4v) is 7.45. The van der Waals surface area contributed by atoms with Gasteiger partial charge in [0.1, 0.15) is 11.8 Å². The topological polar surface area (TPSA) is 77.8 Å². The van der Waals surface area contributed by atoms with Crippen LogP contribution < -0.4 is 5.32 Å². The van der Waals surface area contributed by atoms with Crippen molar-refractivity contribution in [3.63, 3.8) is 0 Å². The molecule has 0 bridgehead atoms. The minimum Gasteiger partial charge on any atom is -0.469 e. The lowest BCUT2D eigenvalue weighted by Crippen LogP contribution is -2.53. The molecule has 2 saturated carbocycles. The third-order valence-corrected chi connectivity index (χ3v) is 9.49. The number of ether oxygens (including phenoxy) is 2. The Hall–Kier alpha value is -2.86. The van der Waals surface area contributed by atoms with Crippen LogP contribution >= 0.6 is 0 Å². The Kier molecular flexibility index (Phi) is 8.81. The van der Waals surface area contributed by atoms with Crippen molar-refractivity contribution in [2.24, 2.45) is 22.7 Å². The average Bonchev–Trinajstić information content (AvgIpc) is 3.37. The quantitative estimate of drug-likeness (QED) is 0.303. The molecule has 0 unspecified atom stereocenters. The SMILES string of the molecule is C=C1CC[C@@H]2[C@](C)(CCC[C@]2(C)C(=O)OC)[C@H]1CCc1ccoc1CN[C@@H](Cc1ccccc1)C(=O)OC. The van der Waals surface area contributed by atoms with Gasteiger partial charge in [-0.25, -0.2) is 0 Å². The molecule has 1 heterocycles. The molecule has 0 aliphatic heterocycles. The molecule has 2 aliphatic carbocycles. The molecule has 0 radical (unpaired) electrons. The molecule has 0 saturated heterocycles. The van der Waals surface area contributed by atoms with Crippen LogP contribution in [-0.2, 0) is 38.4 Å². The molecule has 206 valence electrons. The van der Waals surface area contributed by atoms with Crippen LogP contribution in [0, 0.1) is 22.7 Å². The number of allylic oxidation sites excluding steroid dienone is 1. The Balaban J connectivity index is 1.44. The predicted molar refractivity (Wildman–Crippen MR) is 147 cm³/mol. The summed E-state index contributed by atoms with van der Waals surface area (Å²) in [7, 11) is 2.93. The first-order valence-electron chi connectivity index (χ1n) is 13.9. The molecule has 38 heavy (non-hydrogen) atoms. The van der Waals surface area contributed by atoms with Gasteiger partial charge in [0.25, 0.3) is 0 Å². The third kappa shape index (κ3) is 5.61. The molecular formula is C32H43NO5. The summed E-state index contributed by atoms with van der Waals surface area (Å²) in [5.74, 6) is 1.11. The standard InChI is InChI=1S/C32H43NO5/c1-22-12-15-28-31(2,17-9-18-32(28,3)30(35)37-5)25(22)14-13-24-16-19-38-27(24)21-33-26(29(34)36-4)20-23-10-7-6-8-11-23/h6-8,10-11,16,19,25-26,28,33H,1,9,12-15,17-18,20-21H2,2-5H3/t25-,26-,28+,31+,32-/m0/s1. The molecule has 1 aromatic carbocycles. The van der Waals surface area contributed by atoms with Crippen LogP contribution in [0.4, 0.5) is 0 Å². The highest BCUT2D eigenvalue weighted by Crippen LogP contribution is 2.62. The highest BCUT2D eigenvalue weighted by Gasteiger charge is 2.57. The first kappa shape index (κ1) is 28.2. The first-order chi connectivity index (χ1) is 18.2. The van der Waals surface area contributed by atoms with E-state index in [0.717, 1.165) is 61.8 Å². The molecule has 2 aromatic rings. The summed E-state index contributed by atoms with van der Waals surface area (Å²) in [5.41, 5.74) is 3.10. The number of rotatable bonds is 10. The lowest BCUT2D eigenvalue weighted by Gasteiger charge is -2.57. The van der Waals surface area contributed by atoms with Crippen molar-refractivity contribution < 1.29 is 23.5 Å². The van der Waals surface area contributed by atoms with Crippen LogP contribution in [0.25, 0.3) is 0 Å². The van der Waals surface area contributed by atoms with Crippen molar-refractivity contribution >= 4 is 11.9 Å². The monoisotopic (exact) mass is 521 g/mol. The maximum atomic E-state index is 12.9. The summed E-state index contributed by atoms with van der Waals surface area (Å²) in [6.07, 6.45) is 9.06. The van der Waals surface area contributed by atoms with E-state index in [2.05, 4.69) is 25.7 Å². The van der Waals surface area contributed by atoms with Crippen molar-refractivity contribution in [2.45, 2.75) is 77.8 Å².